The molecule has 3 N–H and O–H groups in total. The van der Waals surface area contributed by atoms with Crippen LogP contribution in [0.4, 0.5) is 5.69 Å². The lowest BCUT2D eigenvalue weighted by molar-refractivity contribution is -0.119. The number of halogens is 1. The van der Waals surface area contributed by atoms with Crippen molar-refractivity contribution in [2.45, 2.75) is 32.2 Å². The lowest BCUT2D eigenvalue weighted by Gasteiger charge is -2.14. The maximum atomic E-state index is 12.1. The van der Waals surface area contributed by atoms with Crippen LogP contribution in [0, 0.1) is 12.8 Å². The Kier molecular flexibility index (Phi) is 5.63. The SMILES string of the molecule is COc1ccc(C)cc1NC(=O)C1CCC(N)C1.Cl. The molecule has 1 amide bonds. The van der Waals surface area contributed by atoms with Gasteiger partial charge in [0.15, 0.2) is 0 Å². The number of aryl methyl sites for hydroxylation is 1. The number of hydrogen-bond acceptors (Lipinski definition) is 3. The second-order valence-corrected chi connectivity index (χ2v) is 4.96. The predicted octanol–water partition coefficient (Wildman–Crippen LogP) is 2.49. The van der Waals surface area contributed by atoms with E-state index >= 15 is 0 Å². The van der Waals surface area contributed by atoms with Gasteiger partial charge in [0.05, 0.1) is 12.8 Å². The molecule has 1 aromatic carbocycles. The summed E-state index contributed by atoms with van der Waals surface area (Å²) >= 11 is 0. The Bertz CT molecular complexity index is 451. The molecule has 0 aromatic heterocycles. The highest BCUT2D eigenvalue weighted by atomic mass is 35.5. The van der Waals surface area contributed by atoms with Crippen molar-refractivity contribution in [3.05, 3.63) is 23.8 Å². The molecule has 1 aliphatic rings. The summed E-state index contributed by atoms with van der Waals surface area (Å²) < 4.78 is 5.25. The number of benzene rings is 1. The molecular formula is C14H21ClN2O2. The van der Waals surface area contributed by atoms with E-state index in [-0.39, 0.29) is 30.3 Å². The fourth-order valence-electron chi connectivity index (χ4n) is 2.41. The van der Waals surface area contributed by atoms with Gasteiger partial charge in [-0.3, -0.25) is 4.79 Å². The molecule has 5 heteroatoms. The van der Waals surface area contributed by atoms with Crippen LogP contribution in [0.2, 0.25) is 0 Å². The van der Waals surface area contributed by atoms with E-state index in [9.17, 15) is 4.79 Å². The van der Waals surface area contributed by atoms with Gasteiger partial charge in [-0.1, -0.05) is 6.07 Å². The summed E-state index contributed by atoms with van der Waals surface area (Å²) in [6.07, 6.45) is 2.59. The van der Waals surface area contributed by atoms with E-state index in [0.29, 0.717) is 5.75 Å². The van der Waals surface area contributed by atoms with Crippen LogP contribution in [-0.2, 0) is 4.79 Å². The third-order valence-electron chi connectivity index (χ3n) is 3.46. The average molecular weight is 285 g/mol. The Morgan fingerprint density at radius 1 is 1.42 bits per heavy atom. The molecule has 1 aromatic rings. The standard InChI is InChI=1S/C14H20N2O2.ClH/c1-9-3-6-13(18-2)12(7-9)16-14(17)10-4-5-11(15)8-10;/h3,6-7,10-11H,4-5,8,15H2,1-2H3,(H,16,17);1H. The molecule has 19 heavy (non-hydrogen) atoms. The van der Waals surface area contributed by atoms with E-state index in [1.165, 1.54) is 0 Å². The normalized spacial score (nSPS) is 21.6. The Hall–Kier alpha value is -1.26. The predicted molar refractivity (Wildman–Crippen MR) is 78.9 cm³/mol. The monoisotopic (exact) mass is 284 g/mol. The van der Waals surface area contributed by atoms with Crippen molar-refractivity contribution in [2.24, 2.45) is 11.7 Å². The van der Waals surface area contributed by atoms with Gasteiger partial charge < -0.3 is 15.8 Å². The summed E-state index contributed by atoms with van der Waals surface area (Å²) in [4.78, 5) is 12.1. The second kappa shape index (κ2) is 6.78. The van der Waals surface area contributed by atoms with Crippen LogP contribution in [0.1, 0.15) is 24.8 Å². The van der Waals surface area contributed by atoms with Crippen LogP contribution in [-0.4, -0.2) is 19.1 Å². The number of amides is 1. The Morgan fingerprint density at radius 3 is 2.74 bits per heavy atom. The average Bonchev–Trinajstić information content (AvgIpc) is 2.76. The molecule has 0 radical (unpaired) electrons. The molecule has 1 aliphatic carbocycles. The van der Waals surface area contributed by atoms with Gasteiger partial charge >= 0.3 is 0 Å². The molecule has 4 nitrogen and oxygen atoms in total. The summed E-state index contributed by atoms with van der Waals surface area (Å²) in [6, 6.07) is 5.91. The van der Waals surface area contributed by atoms with E-state index in [1.807, 2.05) is 25.1 Å². The van der Waals surface area contributed by atoms with E-state index in [2.05, 4.69) is 5.32 Å². The maximum absolute atomic E-state index is 12.1. The number of carbonyl (C=O) groups is 1. The fourth-order valence-corrected chi connectivity index (χ4v) is 2.41. The second-order valence-electron chi connectivity index (χ2n) is 4.96. The van der Waals surface area contributed by atoms with Gasteiger partial charge in [-0.05, 0) is 43.9 Å². The Labute approximate surface area is 120 Å². The minimum absolute atomic E-state index is 0. The quantitative estimate of drug-likeness (QED) is 0.896. The van der Waals surface area contributed by atoms with E-state index in [1.54, 1.807) is 7.11 Å². The van der Waals surface area contributed by atoms with Crippen LogP contribution in [0.15, 0.2) is 18.2 Å². The highest BCUT2D eigenvalue weighted by Gasteiger charge is 2.28. The number of carbonyl (C=O) groups excluding carboxylic acids is 1. The van der Waals surface area contributed by atoms with Crippen molar-refractivity contribution in [1.82, 2.24) is 0 Å². The molecule has 1 fully saturated rings. The van der Waals surface area contributed by atoms with Crippen LogP contribution in [0.5, 0.6) is 5.75 Å². The molecule has 1 saturated carbocycles. The van der Waals surface area contributed by atoms with Crippen molar-refractivity contribution >= 4 is 24.0 Å². The van der Waals surface area contributed by atoms with E-state index < -0.39 is 0 Å². The van der Waals surface area contributed by atoms with Gasteiger partial charge in [0.2, 0.25) is 5.91 Å². The van der Waals surface area contributed by atoms with Crippen LogP contribution >= 0.6 is 12.4 Å². The molecule has 2 rings (SSSR count). The first-order valence-electron chi connectivity index (χ1n) is 6.31. The molecule has 0 heterocycles. The topological polar surface area (TPSA) is 64.3 Å². The Morgan fingerprint density at radius 2 is 2.16 bits per heavy atom. The summed E-state index contributed by atoms with van der Waals surface area (Å²) in [7, 11) is 1.60. The molecule has 0 bridgehead atoms. The van der Waals surface area contributed by atoms with Crippen molar-refractivity contribution in [2.75, 3.05) is 12.4 Å². The van der Waals surface area contributed by atoms with E-state index in [0.717, 1.165) is 30.5 Å². The van der Waals surface area contributed by atoms with Crippen LogP contribution < -0.4 is 15.8 Å². The molecule has 2 atom stereocenters. The number of methoxy groups -OCH3 is 1. The highest BCUT2D eigenvalue weighted by Crippen LogP contribution is 2.29. The first-order chi connectivity index (χ1) is 8.60. The van der Waals surface area contributed by atoms with Crippen molar-refractivity contribution in [3.63, 3.8) is 0 Å². The molecule has 106 valence electrons. The number of ether oxygens (including phenoxy) is 1. The van der Waals surface area contributed by atoms with Crippen molar-refractivity contribution in [3.8, 4) is 5.75 Å². The van der Waals surface area contributed by atoms with Crippen LogP contribution in [0.25, 0.3) is 0 Å². The number of nitrogens with two attached hydrogens (primary N) is 1. The maximum Gasteiger partial charge on any atom is 0.227 e. The summed E-state index contributed by atoms with van der Waals surface area (Å²) in [5.41, 5.74) is 7.66. The van der Waals surface area contributed by atoms with Gasteiger partial charge in [-0.25, -0.2) is 0 Å². The number of anilines is 1. The summed E-state index contributed by atoms with van der Waals surface area (Å²) in [5, 5.41) is 2.95. The largest absolute Gasteiger partial charge is 0.495 e. The molecule has 0 saturated heterocycles. The van der Waals surface area contributed by atoms with Gasteiger partial charge in [0.25, 0.3) is 0 Å². The Balaban J connectivity index is 0.00000180. The molecule has 2 unspecified atom stereocenters. The van der Waals surface area contributed by atoms with Crippen LogP contribution in [0.3, 0.4) is 0 Å². The zero-order valence-corrected chi connectivity index (χ0v) is 12.1. The molecule has 0 spiro atoms. The third kappa shape index (κ3) is 3.85. The smallest absolute Gasteiger partial charge is 0.227 e. The third-order valence-corrected chi connectivity index (χ3v) is 3.46. The van der Waals surface area contributed by atoms with Gasteiger partial charge in [-0.15, -0.1) is 12.4 Å². The number of nitrogens with one attached hydrogen (secondary N) is 1. The minimum atomic E-state index is 0. The fraction of sp³-hybridized carbons (Fsp3) is 0.500. The van der Waals surface area contributed by atoms with Gasteiger partial charge in [-0.2, -0.15) is 0 Å². The number of rotatable bonds is 3. The van der Waals surface area contributed by atoms with Crippen molar-refractivity contribution < 1.29 is 9.53 Å². The summed E-state index contributed by atoms with van der Waals surface area (Å²) in [5.74, 6) is 0.772. The summed E-state index contributed by atoms with van der Waals surface area (Å²) in [6.45, 7) is 1.99. The minimum Gasteiger partial charge on any atom is -0.495 e. The first-order valence-corrected chi connectivity index (χ1v) is 6.31. The highest BCUT2D eigenvalue weighted by molar-refractivity contribution is 5.94. The van der Waals surface area contributed by atoms with Crippen molar-refractivity contribution in [1.29, 1.82) is 0 Å². The van der Waals surface area contributed by atoms with Gasteiger partial charge in [0, 0.05) is 12.0 Å². The zero-order chi connectivity index (χ0) is 13.1. The number of hydrogen-bond donors (Lipinski definition) is 2. The molecular weight excluding hydrogens is 264 g/mol. The zero-order valence-electron chi connectivity index (χ0n) is 11.3. The first kappa shape index (κ1) is 15.8. The van der Waals surface area contributed by atoms with E-state index in [4.69, 9.17) is 10.5 Å². The lowest BCUT2D eigenvalue weighted by Crippen LogP contribution is -2.23. The lowest BCUT2D eigenvalue weighted by atomic mass is 10.1. The molecule has 0 aliphatic heterocycles. The van der Waals surface area contributed by atoms with Gasteiger partial charge in [0.1, 0.15) is 5.75 Å².